The van der Waals surface area contributed by atoms with Crippen LogP contribution in [0.3, 0.4) is 0 Å². The van der Waals surface area contributed by atoms with Gasteiger partial charge in [0.15, 0.2) is 12.0 Å². The molecule has 0 fully saturated rings. The van der Waals surface area contributed by atoms with Crippen LogP contribution >= 0.6 is 22.6 Å². The summed E-state index contributed by atoms with van der Waals surface area (Å²) in [5.41, 5.74) is -1.78. The third kappa shape index (κ3) is 2.43. The van der Waals surface area contributed by atoms with Gasteiger partial charge in [-0.2, -0.15) is 0 Å². The van der Waals surface area contributed by atoms with Gasteiger partial charge in [0, 0.05) is 9.64 Å². The molecule has 0 radical (unpaired) electrons. The van der Waals surface area contributed by atoms with E-state index in [0.717, 1.165) is 6.07 Å². The van der Waals surface area contributed by atoms with Crippen LogP contribution in [0.5, 0.6) is 0 Å². The first-order valence-electron chi connectivity index (χ1n) is 3.55. The first kappa shape index (κ1) is 11.9. The van der Waals surface area contributed by atoms with Crippen LogP contribution in [0.15, 0.2) is 6.07 Å². The summed E-state index contributed by atoms with van der Waals surface area (Å²) < 4.78 is 24.6. The number of nitrogens with zero attached hydrogens (tertiary/aromatic N) is 2. The zero-order chi connectivity index (χ0) is 11.6. The summed E-state index contributed by atoms with van der Waals surface area (Å²) in [6.45, 7) is 0. The van der Waals surface area contributed by atoms with Crippen LogP contribution in [0.4, 0.5) is 14.5 Å². The largest absolute Gasteiger partial charge is 0.299 e. The highest BCUT2D eigenvalue weighted by Crippen LogP contribution is 2.27. The highest BCUT2D eigenvalue weighted by Gasteiger charge is 2.22. The van der Waals surface area contributed by atoms with Gasteiger partial charge in [-0.25, -0.2) is 13.8 Å². The molecular weight excluding hydrogens is 325 g/mol. The molecule has 1 aromatic heterocycles. The van der Waals surface area contributed by atoms with Gasteiger partial charge in [-0.15, -0.1) is 0 Å². The molecule has 0 N–H and O–H groups in total. The number of aromatic nitrogens is 1. The molecule has 1 heterocycles. The summed E-state index contributed by atoms with van der Waals surface area (Å²) in [5.74, 6) is 0. The van der Waals surface area contributed by atoms with E-state index < -0.39 is 28.4 Å². The minimum Gasteiger partial charge on any atom is -0.296 e. The maximum absolute atomic E-state index is 12.3. The summed E-state index contributed by atoms with van der Waals surface area (Å²) in [5, 5.41) is 10.4. The number of nitro groups is 1. The van der Waals surface area contributed by atoms with Crippen LogP contribution in [0.1, 0.15) is 22.6 Å². The molecule has 5 nitrogen and oxygen atoms in total. The minimum atomic E-state index is -2.86. The Hall–Kier alpha value is -1.19. The van der Waals surface area contributed by atoms with E-state index in [2.05, 4.69) is 4.98 Å². The topological polar surface area (TPSA) is 73.1 Å². The molecule has 0 atom stereocenters. The fourth-order valence-corrected chi connectivity index (χ4v) is 1.55. The number of hydrogen-bond donors (Lipinski definition) is 0. The van der Waals surface area contributed by atoms with Crippen molar-refractivity contribution in [2.75, 3.05) is 0 Å². The van der Waals surface area contributed by atoms with Gasteiger partial charge in [-0.05, 0) is 22.6 Å². The number of alkyl halides is 2. The molecule has 0 aliphatic carbocycles. The molecule has 1 rings (SSSR count). The monoisotopic (exact) mass is 328 g/mol. The molecule has 8 heteroatoms. The Morgan fingerprint density at radius 1 is 1.60 bits per heavy atom. The normalized spacial score (nSPS) is 10.4. The van der Waals surface area contributed by atoms with E-state index in [1.54, 1.807) is 0 Å². The third-order valence-corrected chi connectivity index (χ3v) is 2.39. The van der Waals surface area contributed by atoms with Gasteiger partial charge in [0.25, 0.3) is 12.1 Å². The van der Waals surface area contributed by atoms with Crippen LogP contribution in [0.25, 0.3) is 0 Å². The van der Waals surface area contributed by atoms with Gasteiger partial charge >= 0.3 is 0 Å². The number of hydrogen-bond acceptors (Lipinski definition) is 4. The van der Waals surface area contributed by atoms with Gasteiger partial charge < -0.3 is 0 Å². The van der Waals surface area contributed by atoms with Crippen LogP contribution in [-0.4, -0.2) is 16.2 Å². The zero-order valence-electron chi connectivity index (χ0n) is 6.99. The molecule has 0 spiro atoms. The quantitative estimate of drug-likeness (QED) is 0.369. The predicted molar refractivity (Wildman–Crippen MR) is 54.0 cm³/mol. The van der Waals surface area contributed by atoms with Crippen molar-refractivity contribution >= 4 is 34.6 Å². The first-order valence-corrected chi connectivity index (χ1v) is 4.63. The van der Waals surface area contributed by atoms with E-state index in [4.69, 9.17) is 0 Å². The van der Waals surface area contributed by atoms with Crippen molar-refractivity contribution in [2.24, 2.45) is 0 Å². The molecule has 0 unspecified atom stereocenters. The molecule has 0 amide bonds. The van der Waals surface area contributed by atoms with E-state index in [1.807, 2.05) is 0 Å². The summed E-state index contributed by atoms with van der Waals surface area (Å²) in [6, 6.07) is 0.902. The molecule has 1 aromatic rings. The van der Waals surface area contributed by atoms with Gasteiger partial charge in [0.2, 0.25) is 0 Å². The summed E-state index contributed by atoms with van der Waals surface area (Å²) in [7, 11) is 0. The summed E-state index contributed by atoms with van der Waals surface area (Å²) in [4.78, 5) is 23.2. The highest BCUT2D eigenvalue weighted by molar-refractivity contribution is 14.1. The average molecular weight is 328 g/mol. The van der Waals surface area contributed by atoms with Gasteiger partial charge in [0.1, 0.15) is 5.69 Å². The molecule has 0 saturated heterocycles. The maximum Gasteiger partial charge on any atom is 0.299 e. The number of rotatable bonds is 3. The SMILES string of the molecule is O=Cc1nc(C(F)F)c(I)cc1[N+](=O)[O-]. The molecule has 0 aromatic carbocycles. The number of halogens is 3. The van der Waals surface area contributed by atoms with Crippen molar-refractivity contribution in [3.63, 3.8) is 0 Å². The van der Waals surface area contributed by atoms with Crippen LogP contribution in [0, 0.1) is 13.7 Å². The second-order valence-electron chi connectivity index (χ2n) is 2.44. The van der Waals surface area contributed by atoms with Crippen molar-refractivity contribution in [1.82, 2.24) is 4.98 Å². The van der Waals surface area contributed by atoms with E-state index in [9.17, 15) is 23.7 Å². The van der Waals surface area contributed by atoms with Crippen molar-refractivity contribution in [1.29, 1.82) is 0 Å². The van der Waals surface area contributed by atoms with Gasteiger partial charge in [-0.3, -0.25) is 14.9 Å². The van der Waals surface area contributed by atoms with E-state index >= 15 is 0 Å². The minimum absolute atomic E-state index is 0.0418. The fourth-order valence-electron chi connectivity index (χ4n) is 0.894. The maximum atomic E-state index is 12.3. The number of aldehydes is 1. The third-order valence-electron chi connectivity index (χ3n) is 1.53. The number of carbonyl (C=O) groups excluding carboxylic acids is 1. The van der Waals surface area contributed by atoms with E-state index in [-0.39, 0.29) is 9.86 Å². The molecule has 0 saturated carbocycles. The van der Waals surface area contributed by atoms with Crippen molar-refractivity contribution in [3.8, 4) is 0 Å². The molecule has 80 valence electrons. The molecular formula is C7H3F2IN2O3. The van der Waals surface area contributed by atoms with Gasteiger partial charge in [0.05, 0.1) is 4.92 Å². The second kappa shape index (κ2) is 4.55. The lowest BCUT2D eigenvalue weighted by Gasteiger charge is -2.03. The summed E-state index contributed by atoms with van der Waals surface area (Å²) >= 11 is 1.50. The summed E-state index contributed by atoms with van der Waals surface area (Å²) in [6.07, 6.45) is -2.78. The lowest BCUT2D eigenvalue weighted by molar-refractivity contribution is -0.385. The fraction of sp³-hybridized carbons (Fsp3) is 0.143. The Kier molecular flexibility index (Phi) is 3.61. The lowest BCUT2D eigenvalue weighted by Crippen LogP contribution is -2.03. The average Bonchev–Trinajstić information content (AvgIpc) is 2.16. The van der Waals surface area contributed by atoms with Crippen molar-refractivity contribution in [3.05, 3.63) is 31.1 Å². The number of pyridine rings is 1. The Labute approximate surface area is 95.8 Å². The van der Waals surface area contributed by atoms with Crippen molar-refractivity contribution < 1.29 is 18.5 Å². The Morgan fingerprint density at radius 3 is 2.60 bits per heavy atom. The highest BCUT2D eigenvalue weighted by atomic mass is 127. The predicted octanol–water partition coefficient (Wildman–Crippen LogP) is 2.34. The Bertz CT molecular complexity index is 425. The van der Waals surface area contributed by atoms with E-state index in [1.165, 1.54) is 22.6 Å². The van der Waals surface area contributed by atoms with Crippen LogP contribution in [-0.2, 0) is 0 Å². The van der Waals surface area contributed by atoms with Crippen molar-refractivity contribution in [2.45, 2.75) is 6.43 Å². The van der Waals surface area contributed by atoms with E-state index in [0.29, 0.717) is 0 Å². The van der Waals surface area contributed by atoms with Crippen LogP contribution in [0.2, 0.25) is 0 Å². The Morgan fingerprint density at radius 2 is 2.20 bits per heavy atom. The van der Waals surface area contributed by atoms with Crippen LogP contribution < -0.4 is 0 Å². The second-order valence-corrected chi connectivity index (χ2v) is 3.60. The number of carbonyl (C=O) groups is 1. The van der Waals surface area contributed by atoms with Gasteiger partial charge in [-0.1, -0.05) is 0 Å². The molecule has 0 aliphatic rings. The first-order chi connectivity index (χ1) is 6.97. The smallest absolute Gasteiger partial charge is 0.296 e. The molecule has 0 aliphatic heterocycles. The Balaban J connectivity index is 3.42. The zero-order valence-corrected chi connectivity index (χ0v) is 9.14. The molecule has 15 heavy (non-hydrogen) atoms. The molecule has 0 bridgehead atoms. The lowest BCUT2D eigenvalue weighted by atomic mass is 10.2. The standard InChI is InChI=1S/C7H3F2IN2O3/c8-7(9)6-3(10)1-5(12(14)15)4(2-13)11-6/h1-2,7H.